The van der Waals surface area contributed by atoms with E-state index in [9.17, 15) is 20.2 Å². The Kier molecular flexibility index (Phi) is 6.36. The van der Waals surface area contributed by atoms with Crippen molar-refractivity contribution in [2.45, 2.75) is 19.4 Å². The van der Waals surface area contributed by atoms with Gasteiger partial charge in [0.05, 0.1) is 29.2 Å². The summed E-state index contributed by atoms with van der Waals surface area (Å²) in [5.74, 6) is 1.36. The number of nitro groups is 1. The van der Waals surface area contributed by atoms with Gasteiger partial charge in [-0.3, -0.25) is 14.9 Å². The smallest absolute Gasteiger partial charge is 0.270 e. The van der Waals surface area contributed by atoms with Crippen LogP contribution in [0, 0.1) is 27.4 Å². The molecule has 0 bridgehead atoms. The number of ether oxygens (including phenoxy) is 1. The molecule has 0 saturated carbocycles. The highest BCUT2D eigenvalue weighted by Gasteiger charge is 2.26. The zero-order chi connectivity index (χ0) is 23.4. The predicted molar refractivity (Wildman–Crippen MR) is 123 cm³/mol. The van der Waals surface area contributed by atoms with Crippen LogP contribution in [0.2, 0.25) is 0 Å². The Morgan fingerprint density at radius 3 is 2.61 bits per heavy atom. The SMILES string of the molecule is COc1ccc(CNC(=O)C2CCN(c3cc(C#N)c4cc([N+](=O)[O-])ccc4n3)CC2)cc1. The average Bonchev–Trinajstić information content (AvgIpc) is 2.86. The second kappa shape index (κ2) is 9.53. The molecule has 0 atom stereocenters. The fourth-order valence-electron chi connectivity index (χ4n) is 4.02. The van der Waals surface area contributed by atoms with Gasteiger partial charge in [-0.2, -0.15) is 5.26 Å². The van der Waals surface area contributed by atoms with Gasteiger partial charge in [0.25, 0.3) is 5.69 Å². The van der Waals surface area contributed by atoms with Gasteiger partial charge in [-0.15, -0.1) is 0 Å². The number of nitrogens with zero attached hydrogens (tertiary/aromatic N) is 4. The first-order valence-corrected chi connectivity index (χ1v) is 10.6. The molecule has 33 heavy (non-hydrogen) atoms. The van der Waals surface area contributed by atoms with E-state index in [4.69, 9.17) is 4.74 Å². The lowest BCUT2D eigenvalue weighted by molar-refractivity contribution is -0.384. The van der Waals surface area contributed by atoms with Crippen LogP contribution in [0.1, 0.15) is 24.0 Å². The second-order valence-electron chi connectivity index (χ2n) is 7.93. The average molecular weight is 445 g/mol. The zero-order valence-corrected chi connectivity index (χ0v) is 18.2. The predicted octanol–water partition coefficient (Wildman–Crippen LogP) is 3.56. The first kappa shape index (κ1) is 22.0. The Hall–Kier alpha value is -4.19. The Balaban J connectivity index is 1.39. The van der Waals surface area contributed by atoms with E-state index in [0.717, 1.165) is 11.3 Å². The number of hydrogen-bond acceptors (Lipinski definition) is 7. The second-order valence-corrected chi connectivity index (χ2v) is 7.93. The van der Waals surface area contributed by atoms with Crippen LogP contribution < -0.4 is 15.0 Å². The Bertz CT molecular complexity index is 1230. The number of non-ortho nitro benzene ring substituents is 1. The summed E-state index contributed by atoms with van der Waals surface area (Å²) < 4.78 is 5.15. The van der Waals surface area contributed by atoms with Gasteiger partial charge in [0, 0.05) is 43.1 Å². The molecule has 0 spiro atoms. The third-order valence-corrected chi connectivity index (χ3v) is 5.93. The molecule has 1 fully saturated rings. The number of nitrogens with one attached hydrogen (secondary N) is 1. The molecule has 9 heteroatoms. The van der Waals surface area contributed by atoms with Crippen molar-refractivity contribution in [3.8, 4) is 11.8 Å². The number of methoxy groups -OCH3 is 1. The van der Waals surface area contributed by atoms with Crippen molar-refractivity contribution in [2.75, 3.05) is 25.1 Å². The van der Waals surface area contributed by atoms with Crippen molar-refractivity contribution in [1.82, 2.24) is 10.3 Å². The van der Waals surface area contributed by atoms with Crippen LogP contribution in [-0.2, 0) is 11.3 Å². The summed E-state index contributed by atoms with van der Waals surface area (Å²) in [5.41, 5.74) is 1.81. The molecule has 1 aliphatic heterocycles. The molecular formula is C24H23N5O4. The maximum atomic E-state index is 12.6. The number of hydrogen-bond donors (Lipinski definition) is 1. The Morgan fingerprint density at radius 1 is 1.24 bits per heavy atom. The number of aromatic nitrogens is 1. The number of carbonyl (C=O) groups is 1. The largest absolute Gasteiger partial charge is 0.497 e. The molecule has 3 aromatic rings. The van der Waals surface area contributed by atoms with E-state index in [1.165, 1.54) is 12.1 Å². The quantitative estimate of drug-likeness (QED) is 0.455. The third-order valence-electron chi connectivity index (χ3n) is 5.93. The molecule has 2 aromatic carbocycles. The molecule has 9 nitrogen and oxygen atoms in total. The van der Waals surface area contributed by atoms with Gasteiger partial charge in [0.1, 0.15) is 11.6 Å². The third kappa shape index (κ3) is 4.85. The van der Waals surface area contributed by atoms with E-state index < -0.39 is 4.92 Å². The van der Waals surface area contributed by atoms with Gasteiger partial charge in [-0.1, -0.05) is 12.1 Å². The molecule has 1 aromatic heterocycles. The molecule has 4 rings (SSSR count). The minimum Gasteiger partial charge on any atom is -0.497 e. The first-order valence-electron chi connectivity index (χ1n) is 10.6. The maximum Gasteiger partial charge on any atom is 0.270 e. The van der Waals surface area contributed by atoms with Crippen molar-refractivity contribution in [1.29, 1.82) is 5.26 Å². The van der Waals surface area contributed by atoms with Crippen molar-refractivity contribution >= 4 is 28.3 Å². The van der Waals surface area contributed by atoms with Crippen molar-refractivity contribution in [3.05, 3.63) is 69.8 Å². The molecule has 0 unspecified atom stereocenters. The van der Waals surface area contributed by atoms with E-state index in [2.05, 4.69) is 21.3 Å². The van der Waals surface area contributed by atoms with Crippen molar-refractivity contribution in [3.63, 3.8) is 0 Å². The summed E-state index contributed by atoms with van der Waals surface area (Å²) in [6.07, 6.45) is 1.35. The van der Waals surface area contributed by atoms with Gasteiger partial charge >= 0.3 is 0 Å². The highest BCUT2D eigenvalue weighted by Crippen LogP contribution is 2.28. The van der Waals surface area contributed by atoms with E-state index in [1.807, 2.05) is 24.3 Å². The van der Waals surface area contributed by atoms with Crippen LogP contribution in [-0.4, -0.2) is 36.0 Å². The molecule has 168 valence electrons. The summed E-state index contributed by atoms with van der Waals surface area (Å²) in [6, 6.07) is 15.7. The van der Waals surface area contributed by atoms with Crippen molar-refractivity contribution < 1.29 is 14.5 Å². The fraction of sp³-hybridized carbons (Fsp3) is 0.292. The summed E-state index contributed by atoms with van der Waals surface area (Å²) in [6.45, 7) is 1.74. The highest BCUT2D eigenvalue weighted by molar-refractivity contribution is 5.88. The highest BCUT2D eigenvalue weighted by atomic mass is 16.6. The normalized spacial score (nSPS) is 14.0. The number of nitro benzene ring substituents is 1. The van der Waals surface area contributed by atoms with Crippen LogP contribution in [0.5, 0.6) is 5.75 Å². The summed E-state index contributed by atoms with van der Waals surface area (Å²) in [4.78, 5) is 29.9. The number of pyridine rings is 1. The number of piperidine rings is 1. The molecule has 1 N–H and O–H groups in total. The number of rotatable bonds is 6. The molecule has 1 aliphatic rings. The standard InChI is InChI=1S/C24H23N5O4/c1-33-20-5-2-16(3-6-20)15-26-24(30)17-8-10-28(11-9-17)23-12-18(14-25)21-13-19(29(31)32)4-7-22(21)27-23/h2-7,12-13,17H,8-11,15H2,1H3,(H,26,30). The molecule has 2 heterocycles. The minimum absolute atomic E-state index is 0.0296. The van der Waals surface area contributed by atoms with Crippen LogP contribution in [0.3, 0.4) is 0 Å². The number of nitriles is 1. The van der Waals surface area contributed by atoms with Gasteiger partial charge in [0.2, 0.25) is 5.91 Å². The van der Waals surface area contributed by atoms with Gasteiger partial charge in [-0.25, -0.2) is 4.98 Å². The first-order chi connectivity index (χ1) is 16.0. The summed E-state index contributed by atoms with van der Waals surface area (Å²) in [7, 11) is 1.61. The van der Waals surface area contributed by atoms with Crippen LogP contribution >= 0.6 is 0 Å². The molecule has 0 radical (unpaired) electrons. The van der Waals surface area contributed by atoms with Crippen molar-refractivity contribution in [2.24, 2.45) is 5.92 Å². The molecule has 1 saturated heterocycles. The number of fused-ring (bicyclic) bond motifs is 1. The van der Waals surface area contributed by atoms with Crippen LogP contribution in [0.4, 0.5) is 11.5 Å². The number of carbonyl (C=O) groups excluding carboxylic acids is 1. The number of amides is 1. The topological polar surface area (TPSA) is 121 Å². The fourth-order valence-corrected chi connectivity index (χ4v) is 4.02. The van der Waals surface area contributed by atoms with Gasteiger partial charge in [0.15, 0.2) is 0 Å². The van der Waals surface area contributed by atoms with E-state index in [1.54, 1.807) is 19.2 Å². The van der Waals surface area contributed by atoms with Crippen LogP contribution in [0.15, 0.2) is 48.5 Å². The molecular weight excluding hydrogens is 422 g/mol. The zero-order valence-electron chi connectivity index (χ0n) is 18.2. The summed E-state index contributed by atoms with van der Waals surface area (Å²) >= 11 is 0. The Morgan fingerprint density at radius 2 is 1.97 bits per heavy atom. The van der Waals surface area contributed by atoms with E-state index >= 15 is 0 Å². The lowest BCUT2D eigenvalue weighted by Crippen LogP contribution is -2.40. The number of anilines is 1. The lowest BCUT2D eigenvalue weighted by atomic mass is 9.95. The monoisotopic (exact) mass is 445 g/mol. The lowest BCUT2D eigenvalue weighted by Gasteiger charge is -2.32. The van der Waals surface area contributed by atoms with E-state index in [0.29, 0.717) is 54.8 Å². The Labute approximate surface area is 190 Å². The van der Waals surface area contributed by atoms with Gasteiger partial charge in [-0.05, 0) is 42.7 Å². The summed E-state index contributed by atoms with van der Waals surface area (Å²) in [5, 5.41) is 24.1. The number of benzene rings is 2. The van der Waals surface area contributed by atoms with Gasteiger partial charge < -0.3 is 15.0 Å². The molecule has 1 amide bonds. The van der Waals surface area contributed by atoms with E-state index in [-0.39, 0.29) is 17.5 Å². The molecule has 0 aliphatic carbocycles. The minimum atomic E-state index is -0.487. The van der Waals surface area contributed by atoms with Crippen LogP contribution in [0.25, 0.3) is 10.9 Å². The maximum absolute atomic E-state index is 12.6.